The van der Waals surface area contributed by atoms with Gasteiger partial charge in [0, 0.05) is 27.4 Å². The lowest BCUT2D eigenvalue weighted by molar-refractivity contribution is -0.116. The van der Waals surface area contributed by atoms with E-state index in [1.807, 2.05) is 74.5 Å². The largest absolute Gasteiger partial charge is 0.493 e. The molecule has 0 bridgehead atoms. The quantitative estimate of drug-likeness (QED) is 0.0402. The Kier molecular flexibility index (Phi) is 14.0. The van der Waals surface area contributed by atoms with Crippen LogP contribution in [0.2, 0.25) is 0 Å². The first-order chi connectivity index (χ1) is 25.8. The van der Waals surface area contributed by atoms with E-state index in [2.05, 4.69) is 16.0 Å². The van der Waals surface area contributed by atoms with Crippen molar-refractivity contribution in [1.29, 1.82) is 0 Å². The molecule has 0 aromatic heterocycles. The first kappa shape index (κ1) is 38.1. The highest BCUT2D eigenvalue weighted by atomic mass is 32.2. The van der Waals surface area contributed by atoms with Crippen molar-refractivity contribution >= 4 is 52.9 Å². The summed E-state index contributed by atoms with van der Waals surface area (Å²) in [7, 11) is 0. The van der Waals surface area contributed by atoms with Crippen molar-refractivity contribution in [2.75, 3.05) is 23.8 Å². The molecule has 0 spiro atoms. The summed E-state index contributed by atoms with van der Waals surface area (Å²) in [5.41, 5.74) is 3.33. The van der Waals surface area contributed by atoms with Crippen LogP contribution in [-0.4, -0.2) is 36.9 Å². The minimum absolute atomic E-state index is 0.0340. The molecule has 3 N–H and O–H groups in total. The molecule has 270 valence electrons. The van der Waals surface area contributed by atoms with Gasteiger partial charge in [0.15, 0.2) is 0 Å². The molecule has 0 aliphatic heterocycles. The lowest BCUT2D eigenvalue weighted by Crippen LogP contribution is -2.30. The maximum Gasteiger partial charge on any atom is 0.338 e. The van der Waals surface area contributed by atoms with E-state index in [1.54, 1.807) is 78.9 Å². The van der Waals surface area contributed by atoms with Crippen LogP contribution in [0.5, 0.6) is 5.75 Å². The zero-order valence-electron chi connectivity index (χ0n) is 29.5. The molecule has 0 saturated heterocycles. The van der Waals surface area contributed by atoms with Crippen molar-refractivity contribution in [2.45, 2.75) is 36.8 Å². The van der Waals surface area contributed by atoms with Crippen LogP contribution in [0.25, 0.3) is 6.08 Å². The molecule has 9 nitrogen and oxygen atoms in total. The van der Waals surface area contributed by atoms with Crippen molar-refractivity contribution in [3.8, 4) is 5.75 Å². The number of anilines is 2. The van der Waals surface area contributed by atoms with E-state index in [9.17, 15) is 19.2 Å². The zero-order valence-corrected chi connectivity index (χ0v) is 30.4. The number of benzene rings is 5. The monoisotopic (exact) mass is 727 g/mol. The number of carbonyl (C=O) groups excluding carboxylic acids is 4. The minimum atomic E-state index is -0.608. The number of unbranched alkanes of at least 4 members (excludes halogenated alkanes) is 1. The van der Waals surface area contributed by atoms with Crippen molar-refractivity contribution in [2.24, 2.45) is 0 Å². The van der Waals surface area contributed by atoms with Crippen LogP contribution in [0.1, 0.15) is 63.8 Å². The fourth-order valence-electron chi connectivity index (χ4n) is 5.13. The number of ether oxygens (including phenoxy) is 2. The molecule has 0 aliphatic carbocycles. The van der Waals surface area contributed by atoms with Gasteiger partial charge in [0.05, 0.1) is 18.8 Å². The summed E-state index contributed by atoms with van der Waals surface area (Å²) in [6.07, 6.45) is 3.31. The third-order valence-electron chi connectivity index (χ3n) is 7.87. The molecule has 5 aromatic rings. The van der Waals surface area contributed by atoms with E-state index < -0.39 is 23.0 Å². The second-order valence-electron chi connectivity index (χ2n) is 11.8. The Morgan fingerprint density at radius 1 is 0.698 bits per heavy atom. The lowest BCUT2D eigenvalue weighted by Gasteiger charge is -2.18. The van der Waals surface area contributed by atoms with Crippen LogP contribution in [0.15, 0.2) is 144 Å². The van der Waals surface area contributed by atoms with Crippen LogP contribution in [0.4, 0.5) is 11.4 Å². The maximum atomic E-state index is 13.7. The Balaban J connectivity index is 1.30. The highest BCUT2D eigenvalue weighted by molar-refractivity contribution is 8.00. The number of nitrogens with one attached hydrogen (secondary N) is 3. The van der Waals surface area contributed by atoms with Gasteiger partial charge in [-0.3, -0.25) is 14.4 Å². The Morgan fingerprint density at radius 3 is 2.00 bits per heavy atom. The van der Waals surface area contributed by atoms with Crippen LogP contribution in [-0.2, 0) is 14.3 Å². The van der Waals surface area contributed by atoms with Gasteiger partial charge in [0.2, 0.25) is 5.91 Å². The van der Waals surface area contributed by atoms with Gasteiger partial charge in [0.1, 0.15) is 16.7 Å². The topological polar surface area (TPSA) is 123 Å². The molecule has 0 saturated carbocycles. The van der Waals surface area contributed by atoms with Gasteiger partial charge in [-0.05, 0) is 91.7 Å². The molecule has 5 aromatic carbocycles. The Morgan fingerprint density at radius 2 is 1.32 bits per heavy atom. The molecule has 0 aliphatic rings. The van der Waals surface area contributed by atoms with Crippen LogP contribution < -0.4 is 20.7 Å². The fraction of sp³-hybridized carbons (Fsp3) is 0.163. The van der Waals surface area contributed by atoms with Gasteiger partial charge < -0.3 is 25.4 Å². The summed E-state index contributed by atoms with van der Waals surface area (Å²) in [5, 5.41) is 8.00. The number of esters is 1. The fourth-order valence-corrected chi connectivity index (χ4v) is 6.15. The Hall–Kier alpha value is -6.13. The predicted molar refractivity (Wildman–Crippen MR) is 210 cm³/mol. The zero-order chi connectivity index (χ0) is 37.4. The van der Waals surface area contributed by atoms with Gasteiger partial charge >= 0.3 is 5.97 Å². The van der Waals surface area contributed by atoms with Crippen molar-refractivity contribution in [3.63, 3.8) is 0 Å². The van der Waals surface area contributed by atoms with Crippen LogP contribution >= 0.6 is 11.8 Å². The van der Waals surface area contributed by atoms with Gasteiger partial charge in [-0.2, -0.15) is 0 Å². The van der Waals surface area contributed by atoms with Crippen molar-refractivity contribution in [1.82, 2.24) is 5.32 Å². The van der Waals surface area contributed by atoms with E-state index in [-0.39, 0.29) is 11.6 Å². The van der Waals surface area contributed by atoms with E-state index in [4.69, 9.17) is 9.47 Å². The highest BCUT2D eigenvalue weighted by Crippen LogP contribution is 2.37. The molecule has 10 heteroatoms. The van der Waals surface area contributed by atoms with E-state index in [0.717, 1.165) is 23.3 Å². The average Bonchev–Trinajstić information content (AvgIpc) is 3.19. The van der Waals surface area contributed by atoms with Crippen molar-refractivity contribution in [3.05, 3.63) is 161 Å². The molecule has 5 rings (SSSR count). The highest BCUT2D eigenvalue weighted by Gasteiger charge is 2.23. The molecule has 1 atom stereocenters. The first-order valence-corrected chi connectivity index (χ1v) is 18.2. The van der Waals surface area contributed by atoms with Gasteiger partial charge in [0.25, 0.3) is 11.8 Å². The summed E-state index contributed by atoms with van der Waals surface area (Å²) in [6.45, 7) is 4.70. The molecule has 0 fully saturated rings. The number of para-hydroxylation sites is 1. The molecular weight excluding hydrogens is 687 g/mol. The molecule has 1 unspecified atom stereocenters. The summed E-state index contributed by atoms with van der Waals surface area (Å²) >= 11 is 1.36. The van der Waals surface area contributed by atoms with Gasteiger partial charge in [-0.25, -0.2) is 4.79 Å². The van der Waals surface area contributed by atoms with E-state index in [1.165, 1.54) is 11.8 Å². The molecular formula is C43H41N3O6S. The SMILES string of the molecule is CCCCOC(=O)c1ccc(NC(=O)C(Sc2ccc(NC(=O)/C(=C/c3ccccc3OCC)NC(=O)c3ccccc3)cc2)c2ccccc2)cc1. The number of hydrogen-bond acceptors (Lipinski definition) is 7. The maximum absolute atomic E-state index is 13.7. The smallest absolute Gasteiger partial charge is 0.338 e. The molecule has 0 radical (unpaired) electrons. The van der Waals surface area contributed by atoms with Crippen LogP contribution in [0, 0.1) is 0 Å². The Labute approximate surface area is 313 Å². The third-order valence-corrected chi connectivity index (χ3v) is 9.14. The second kappa shape index (κ2) is 19.5. The summed E-state index contributed by atoms with van der Waals surface area (Å²) in [4.78, 5) is 53.6. The number of hydrogen-bond donors (Lipinski definition) is 3. The normalized spacial score (nSPS) is 11.5. The molecule has 0 heterocycles. The molecule has 3 amide bonds. The predicted octanol–water partition coefficient (Wildman–Crippen LogP) is 8.92. The number of rotatable bonds is 16. The average molecular weight is 728 g/mol. The summed E-state index contributed by atoms with van der Waals surface area (Å²) in [6, 6.07) is 39.1. The number of carbonyl (C=O) groups is 4. The number of amides is 3. The number of thioether (sulfide) groups is 1. The van der Waals surface area contributed by atoms with E-state index >= 15 is 0 Å². The van der Waals surface area contributed by atoms with Gasteiger partial charge in [-0.1, -0.05) is 80.1 Å². The Bertz CT molecular complexity index is 2020. The lowest BCUT2D eigenvalue weighted by atomic mass is 10.1. The standard InChI is InChI=1S/C43H41N3O6S/c1-3-5-28-52-43(50)32-20-22-34(23-21-32)45-42(49)39(30-14-8-6-9-15-30)53-36-26-24-35(25-27-36)44-41(48)37(46-40(47)31-16-10-7-11-17-31)29-33-18-12-13-19-38(33)51-4-2/h6-27,29,39H,3-5,28H2,1-2H3,(H,44,48)(H,45,49)(H,46,47)/b37-29-. The molecule has 53 heavy (non-hydrogen) atoms. The van der Waals surface area contributed by atoms with Crippen LogP contribution in [0.3, 0.4) is 0 Å². The summed E-state index contributed by atoms with van der Waals surface area (Å²) in [5.74, 6) is -1.02. The minimum Gasteiger partial charge on any atom is -0.493 e. The van der Waals surface area contributed by atoms with Crippen molar-refractivity contribution < 1.29 is 28.7 Å². The van der Waals surface area contributed by atoms with E-state index in [0.29, 0.717) is 47.0 Å². The third kappa shape index (κ3) is 11.2. The second-order valence-corrected chi connectivity index (χ2v) is 13.0. The van der Waals surface area contributed by atoms with Gasteiger partial charge in [-0.15, -0.1) is 11.8 Å². The summed E-state index contributed by atoms with van der Waals surface area (Å²) < 4.78 is 11.0. The first-order valence-electron chi connectivity index (χ1n) is 17.4.